The van der Waals surface area contributed by atoms with Crippen molar-refractivity contribution in [3.63, 3.8) is 0 Å². The number of aliphatic hydroxyl groups is 1. The van der Waals surface area contributed by atoms with Crippen LogP contribution in [0.25, 0.3) is 16.9 Å². The molecule has 1 spiro atoms. The number of nitrogens with one attached hydrogen (secondary N) is 1. The Labute approximate surface area is 244 Å². The average Bonchev–Trinajstić information content (AvgIpc) is 3.64. The van der Waals surface area contributed by atoms with Gasteiger partial charge in [0.05, 0.1) is 17.8 Å². The fourth-order valence-electron chi connectivity index (χ4n) is 7.47. The summed E-state index contributed by atoms with van der Waals surface area (Å²) in [5, 5.41) is 14.2. The molecule has 6 heterocycles. The second-order valence-electron chi connectivity index (χ2n) is 12.8. The number of carbonyl (C=O) groups excluding carboxylic acids is 1. The zero-order chi connectivity index (χ0) is 29.4. The molecule has 0 radical (unpaired) electrons. The fourth-order valence-corrected chi connectivity index (χ4v) is 7.47. The first-order chi connectivity index (χ1) is 20.1. The number of hydrogen-bond donors (Lipinski definition) is 2. The minimum atomic E-state index is -1.15. The molecule has 3 aromatic rings. The molecule has 4 atom stereocenters. The average molecular weight is 568 g/mol. The molecule has 3 aliphatic heterocycles. The zero-order valence-electron chi connectivity index (χ0n) is 24.3. The van der Waals surface area contributed by atoms with Crippen LogP contribution in [-0.4, -0.2) is 58.7 Å². The Bertz CT molecular complexity index is 1720. The number of nitrogens with zero attached hydrogens (tertiary/aromatic N) is 6. The van der Waals surface area contributed by atoms with Gasteiger partial charge in [-0.2, -0.15) is 4.98 Å². The third kappa shape index (κ3) is 4.11. The summed E-state index contributed by atoms with van der Waals surface area (Å²) >= 11 is 0. The lowest BCUT2D eigenvalue weighted by Crippen LogP contribution is -2.59. The molecule has 8 rings (SSSR count). The highest BCUT2D eigenvalue weighted by Gasteiger charge is 2.69. The maximum Gasteiger partial charge on any atom is 0.278 e. The van der Waals surface area contributed by atoms with Crippen molar-refractivity contribution in [1.29, 1.82) is 0 Å². The lowest BCUT2D eigenvalue weighted by molar-refractivity contribution is -0.140. The summed E-state index contributed by atoms with van der Waals surface area (Å²) in [5.74, 6) is 2.50. The number of hydrogen-bond acceptors (Lipinski definition) is 8. The van der Waals surface area contributed by atoms with Crippen LogP contribution in [0.3, 0.4) is 0 Å². The smallest absolute Gasteiger partial charge is 0.278 e. The van der Waals surface area contributed by atoms with Crippen molar-refractivity contribution in [2.24, 2.45) is 23.7 Å². The SMILES string of the molecule is C=CCn1c(=O)c2cnc(NC3=CC(C)[C@@H](C4CC45C(=O)C4CCN5CC4)C=C3)nc2n1-c1cccc(C(C)(C)O)n1. The molecule has 4 fully saturated rings. The minimum absolute atomic E-state index is 0.226. The number of ketones is 1. The third-order valence-corrected chi connectivity index (χ3v) is 9.67. The standard InChI is InChI=1S/C32H37N7O3/c1-5-13-38-29(41)23-18-33-30(36-28(23)39(38)26-8-6-7-25(35-26)31(3,4)42)34-21-9-10-22(19(2)16-21)24-17-32(24)27(40)20-11-14-37(32)15-12-20/h5-10,16,18-20,22,24,42H,1,11-15,17H2,2-4H3,(H,33,34,36)/t19?,22-,24?,32?/m0/s1. The van der Waals surface area contributed by atoms with Crippen molar-refractivity contribution in [1.82, 2.24) is 29.2 Å². The van der Waals surface area contributed by atoms with Gasteiger partial charge in [0.2, 0.25) is 5.95 Å². The normalized spacial score (nSPS) is 30.1. The molecule has 42 heavy (non-hydrogen) atoms. The highest BCUT2D eigenvalue weighted by molar-refractivity contribution is 5.95. The second-order valence-corrected chi connectivity index (χ2v) is 12.8. The number of rotatable bonds is 7. The maximum atomic E-state index is 13.3. The molecular formula is C32H37N7O3. The molecular weight excluding hydrogens is 530 g/mol. The number of carbonyl (C=O) groups is 1. The van der Waals surface area contributed by atoms with Gasteiger partial charge in [-0.3, -0.25) is 14.5 Å². The van der Waals surface area contributed by atoms with Crippen LogP contribution in [0, 0.1) is 23.7 Å². The van der Waals surface area contributed by atoms with Gasteiger partial charge in [0, 0.05) is 17.8 Å². The van der Waals surface area contributed by atoms with E-state index in [1.807, 2.05) is 0 Å². The van der Waals surface area contributed by atoms with Crippen molar-refractivity contribution in [3.05, 3.63) is 77.0 Å². The summed E-state index contributed by atoms with van der Waals surface area (Å²) in [7, 11) is 0. The number of fused-ring (bicyclic) bond motifs is 3. The highest BCUT2D eigenvalue weighted by atomic mass is 16.3. The van der Waals surface area contributed by atoms with Crippen molar-refractivity contribution in [2.75, 3.05) is 18.4 Å². The van der Waals surface area contributed by atoms with Crippen molar-refractivity contribution >= 4 is 22.8 Å². The summed E-state index contributed by atoms with van der Waals surface area (Å²) in [6.45, 7) is 11.7. The number of aromatic nitrogens is 5. The topological polar surface area (TPSA) is 118 Å². The molecule has 1 saturated carbocycles. The van der Waals surface area contributed by atoms with Gasteiger partial charge in [0.15, 0.2) is 17.2 Å². The molecule has 10 nitrogen and oxygen atoms in total. The number of pyridine rings is 1. The predicted molar refractivity (Wildman–Crippen MR) is 160 cm³/mol. The summed E-state index contributed by atoms with van der Waals surface area (Å²) in [4.78, 5) is 42.9. The van der Waals surface area contributed by atoms with E-state index in [4.69, 9.17) is 4.98 Å². The van der Waals surface area contributed by atoms with Crippen LogP contribution in [0.1, 0.15) is 45.7 Å². The number of anilines is 1. The van der Waals surface area contributed by atoms with Gasteiger partial charge in [-0.15, -0.1) is 6.58 Å². The Morgan fingerprint density at radius 1 is 1.21 bits per heavy atom. The summed E-state index contributed by atoms with van der Waals surface area (Å²) in [5.41, 5.74) is 0.137. The van der Waals surface area contributed by atoms with Crippen LogP contribution < -0.4 is 10.9 Å². The van der Waals surface area contributed by atoms with E-state index in [0.29, 0.717) is 46.1 Å². The predicted octanol–water partition coefficient (Wildman–Crippen LogP) is 3.56. The molecule has 0 amide bonds. The van der Waals surface area contributed by atoms with Crippen molar-refractivity contribution < 1.29 is 9.90 Å². The lowest BCUT2D eigenvalue weighted by atomic mass is 9.75. The van der Waals surface area contributed by atoms with Crippen LogP contribution in [0.2, 0.25) is 0 Å². The fraction of sp³-hybridized carbons (Fsp3) is 0.469. The van der Waals surface area contributed by atoms with Gasteiger partial charge in [0.1, 0.15) is 11.0 Å². The number of Topliss-reactive ketones (excluding diaryl/α,β-unsaturated/α-hetero) is 1. The second kappa shape index (κ2) is 9.57. The first-order valence-electron chi connectivity index (χ1n) is 14.9. The lowest BCUT2D eigenvalue weighted by Gasteiger charge is -2.46. The van der Waals surface area contributed by atoms with Crippen LogP contribution in [0.4, 0.5) is 5.95 Å². The van der Waals surface area contributed by atoms with Gasteiger partial charge >= 0.3 is 0 Å². The Morgan fingerprint density at radius 3 is 2.69 bits per heavy atom. The monoisotopic (exact) mass is 567 g/mol. The third-order valence-electron chi connectivity index (χ3n) is 9.67. The maximum absolute atomic E-state index is 13.3. The van der Waals surface area contributed by atoms with E-state index in [1.165, 1.54) is 10.9 Å². The Hall–Kier alpha value is -3.89. The van der Waals surface area contributed by atoms with E-state index in [1.54, 1.807) is 42.8 Å². The Morgan fingerprint density at radius 2 is 2.00 bits per heavy atom. The first kappa shape index (κ1) is 27.0. The van der Waals surface area contributed by atoms with E-state index >= 15 is 0 Å². The molecule has 3 saturated heterocycles. The van der Waals surface area contributed by atoms with Gasteiger partial charge in [0.25, 0.3) is 5.56 Å². The summed E-state index contributed by atoms with van der Waals surface area (Å²) < 4.78 is 3.17. The number of piperidine rings is 3. The van der Waals surface area contributed by atoms with Crippen molar-refractivity contribution in [2.45, 2.75) is 57.7 Å². The van der Waals surface area contributed by atoms with E-state index in [0.717, 1.165) is 38.0 Å². The van der Waals surface area contributed by atoms with Gasteiger partial charge in [-0.05, 0) is 82.2 Å². The van der Waals surface area contributed by atoms with E-state index in [2.05, 4.69) is 51.9 Å². The first-order valence-corrected chi connectivity index (χ1v) is 14.9. The van der Waals surface area contributed by atoms with E-state index in [-0.39, 0.29) is 29.5 Å². The minimum Gasteiger partial charge on any atom is -0.384 e. The Kier molecular flexibility index (Phi) is 6.15. The van der Waals surface area contributed by atoms with Crippen LogP contribution >= 0.6 is 0 Å². The van der Waals surface area contributed by atoms with Crippen LogP contribution in [0.5, 0.6) is 0 Å². The molecule has 2 aliphatic carbocycles. The molecule has 2 bridgehead atoms. The van der Waals surface area contributed by atoms with E-state index in [9.17, 15) is 14.7 Å². The molecule has 5 aliphatic rings. The quantitative estimate of drug-likeness (QED) is 0.416. The number of allylic oxidation sites excluding steroid dienone is 4. The molecule has 3 aromatic heterocycles. The molecule has 10 heteroatoms. The van der Waals surface area contributed by atoms with E-state index < -0.39 is 5.60 Å². The largest absolute Gasteiger partial charge is 0.384 e. The molecule has 0 aromatic carbocycles. The van der Waals surface area contributed by atoms with Gasteiger partial charge in [-0.25, -0.2) is 19.3 Å². The molecule has 2 N–H and O–H groups in total. The Balaban J connectivity index is 1.17. The van der Waals surface area contributed by atoms with Gasteiger partial charge in [-0.1, -0.05) is 31.2 Å². The van der Waals surface area contributed by atoms with Crippen LogP contribution in [0.15, 0.2) is 65.8 Å². The summed E-state index contributed by atoms with van der Waals surface area (Å²) in [6, 6.07) is 5.33. The molecule has 3 unspecified atom stereocenters. The zero-order valence-corrected chi connectivity index (χ0v) is 24.3. The highest BCUT2D eigenvalue weighted by Crippen LogP contribution is 2.60. The van der Waals surface area contributed by atoms with Gasteiger partial charge < -0.3 is 10.4 Å². The van der Waals surface area contributed by atoms with Crippen LogP contribution in [-0.2, 0) is 16.9 Å². The molecule has 218 valence electrons. The summed E-state index contributed by atoms with van der Waals surface area (Å²) in [6.07, 6.45) is 12.7. The van der Waals surface area contributed by atoms with Crippen molar-refractivity contribution in [3.8, 4) is 5.82 Å².